The highest BCUT2D eigenvalue weighted by Gasteiger charge is 2.03. The Morgan fingerprint density at radius 3 is 2.72 bits per heavy atom. The highest BCUT2D eigenvalue weighted by molar-refractivity contribution is 5.36. The first kappa shape index (κ1) is 12.3. The van der Waals surface area contributed by atoms with E-state index in [-0.39, 0.29) is 12.4 Å². The maximum Gasteiger partial charge on any atom is 0.162 e. The number of benzene rings is 1. The number of hydrogen-bond acceptors (Lipinski definition) is 3. The lowest BCUT2D eigenvalue weighted by atomic mass is 10.2. The molecule has 0 saturated heterocycles. The van der Waals surface area contributed by atoms with Gasteiger partial charge in [-0.25, -0.2) is 13.8 Å². The van der Waals surface area contributed by atoms with Gasteiger partial charge in [0.25, 0.3) is 0 Å². The minimum atomic E-state index is -0.918. The molecule has 1 aromatic carbocycles. The van der Waals surface area contributed by atoms with Crippen molar-refractivity contribution in [2.45, 2.75) is 6.61 Å². The van der Waals surface area contributed by atoms with Crippen molar-refractivity contribution in [2.24, 2.45) is 0 Å². The monoisotopic (exact) mass is 250 g/mol. The van der Waals surface area contributed by atoms with Crippen molar-refractivity contribution in [3.63, 3.8) is 0 Å². The second kappa shape index (κ2) is 5.44. The van der Waals surface area contributed by atoms with E-state index in [2.05, 4.69) is 10.3 Å². The summed E-state index contributed by atoms with van der Waals surface area (Å²) in [6.07, 6.45) is 1.65. The van der Waals surface area contributed by atoms with Gasteiger partial charge in [-0.05, 0) is 29.8 Å². The molecule has 0 amide bonds. The molecule has 1 aromatic heterocycles. The van der Waals surface area contributed by atoms with Gasteiger partial charge in [0.15, 0.2) is 11.6 Å². The quantitative estimate of drug-likeness (QED) is 0.905. The highest BCUT2D eigenvalue weighted by atomic mass is 19.2. The number of anilines is 1. The second-order valence-electron chi connectivity index (χ2n) is 3.66. The van der Waals surface area contributed by atoms with Crippen molar-refractivity contribution >= 4 is 5.82 Å². The molecule has 1 heterocycles. The topological polar surface area (TPSA) is 34.1 Å². The molecule has 0 atom stereocenters. The molecule has 3 nitrogen and oxygen atoms in total. The molecule has 0 fully saturated rings. The molecule has 0 spiro atoms. The van der Waals surface area contributed by atoms with Crippen LogP contribution < -0.4 is 10.1 Å². The number of rotatable bonds is 4. The van der Waals surface area contributed by atoms with Crippen LogP contribution in [0.2, 0.25) is 0 Å². The molecule has 2 aromatic rings. The van der Waals surface area contributed by atoms with Gasteiger partial charge in [0.05, 0.1) is 0 Å². The molecule has 18 heavy (non-hydrogen) atoms. The van der Waals surface area contributed by atoms with Gasteiger partial charge in [0.2, 0.25) is 0 Å². The van der Waals surface area contributed by atoms with Gasteiger partial charge < -0.3 is 10.1 Å². The number of halogens is 2. The number of pyridine rings is 1. The van der Waals surface area contributed by atoms with E-state index in [4.69, 9.17) is 4.74 Å². The van der Waals surface area contributed by atoms with Crippen molar-refractivity contribution in [2.75, 3.05) is 12.4 Å². The first-order valence-corrected chi connectivity index (χ1v) is 5.39. The number of ether oxygens (including phenoxy) is 1. The van der Waals surface area contributed by atoms with E-state index < -0.39 is 11.6 Å². The maximum absolute atomic E-state index is 12.9. The van der Waals surface area contributed by atoms with Crippen LogP contribution in [0.4, 0.5) is 14.6 Å². The lowest BCUT2D eigenvalue weighted by Gasteiger charge is -2.07. The summed E-state index contributed by atoms with van der Waals surface area (Å²) < 4.78 is 31.0. The molecule has 94 valence electrons. The molecule has 0 unspecified atom stereocenters. The van der Waals surface area contributed by atoms with Gasteiger partial charge in [0, 0.05) is 19.3 Å². The lowest BCUT2D eigenvalue weighted by molar-refractivity contribution is 0.303. The Morgan fingerprint density at radius 1 is 1.17 bits per heavy atom. The average Bonchev–Trinajstić information content (AvgIpc) is 2.40. The Bertz CT molecular complexity index is 546. The summed E-state index contributed by atoms with van der Waals surface area (Å²) in [5, 5.41) is 2.91. The van der Waals surface area contributed by atoms with Crippen molar-refractivity contribution in [3.8, 4) is 5.75 Å². The molecule has 0 radical (unpaired) electrons. The molecule has 1 N–H and O–H groups in total. The summed E-state index contributed by atoms with van der Waals surface area (Å²) in [5.41, 5.74) is 0.888. The zero-order valence-electron chi connectivity index (χ0n) is 9.78. The number of aromatic nitrogens is 1. The standard InChI is InChI=1S/C13H12F2N2O/c1-16-13-6-9(4-5-17-13)8-18-10-2-3-11(14)12(15)7-10/h2-7H,8H2,1H3,(H,16,17). The third-order valence-electron chi connectivity index (χ3n) is 2.38. The van der Waals surface area contributed by atoms with Gasteiger partial charge in [-0.15, -0.1) is 0 Å². The maximum atomic E-state index is 12.9. The molecule has 0 bridgehead atoms. The van der Waals surface area contributed by atoms with Crippen LogP contribution in [-0.2, 0) is 6.61 Å². The molecule has 5 heteroatoms. The highest BCUT2D eigenvalue weighted by Crippen LogP contribution is 2.17. The first-order valence-electron chi connectivity index (χ1n) is 5.39. The zero-order valence-corrected chi connectivity index (χ0v) is 9.78. The van der Waals surface area contributed by atoms with Crippen LogP contribution in [0.3, 0.4) is 0 Å². The van der Waals surface area contributed by atoms with Crippen LogP contribution in [0, 0.1) is 11.6 Å². The smallest absolute Gasteiger partial charge is 0.162 e. The molecule has 2 rings (SSSR count). The van der Waals surface area contributed by atoms with Crippen molar-refractivity contribution < 1.29 is 13.5 Å². The third-order valence-corrected chi connectivity index (χ3v) is 2.38. The van der Waals surface area contributed by atoms with Gasteiger partial charge in [-0.2, -0.15) is 0 Å². The summed E-state index contributed by atoms with van der Waals surface area (Å²) in [6, 6.07) is 7.06. The molecular formula is C13H12F2N2O. The summed E-state index contributed by atoms with van der Waals surface area (Å²) >= 11 is 0. The van der Waals surface area contributed by atoms with Crippen molar-refractivity contribution in [1.82, 2.24) is 4.98 Å². The lowest BCUT2D eigenvalue weighted by Crippen LogP contribution is -1.99. The van der Waals surface area contributed by atoms with Gasteiger partial charge in [-0.1, -0.05) is 0 Å². The van der Waals surface area contributed by atoms with E-state index in [9.17, 15) is 8.78 Å². The molecule has 0 aliphatic rings. The molecule has 0 aliphatic heterocycles. The van der Waals surface area contributed by atoms with Crippen LogP contribution in [-0.4, -0.2) is 12.0 Å². The largest absolute Gasteiger partial charge is 0.489 e. The summed E-state index contributed by atoms with van der Waals surface area (Å²) in [4.78, 5) is 4.06. The normalized spacial score (nSPS) is 10.2. The van der Waals surface area contributed by atoms with Crippen LogP contribution in [0.15, 0.2) is 36.5 Å². The minimum absolute atomic E-state index is 0.266. The van der Waals surface area contributed by atoms with E-state index in [1.807, 2.05) is 6.07 Å². The van der Waals surface area contributed by atoms with Crippen LogP contribution in [0.5, 0.6) is 5.75 Å². The number of nitrogens with one attached hydrogen (secondary N) is 1. The zero-order chi connectivity index (χ0) is 13.0. The summed E-state index contributed by atoms with van der Waals surface area (Å²) in [5.74, 6) is -0.792. The van der Waals surface area contributed by atoms with Gasteiger partial charge >= 0.3 is 0 Å². The van der Waals surface area contributed by atoms with Crippen molar-refractivity contribution in [1.29, 1.82) is 0 Å². The van der Waals surface area contributed by atoms with Gasteiger partial charge in [-0.3, -0.25) is 0 Å². The fourth-order valence-corrected chi connectivity index (χ4v) is 1.43. The van der Waals surface area contributed by atoms with Gasteiger partial charge in [0.1, 0.15) is 18.2 Å². The number of hydrogen-bond donors (Lipinski definition) is 1. The Labute approximate surface area is 103 Å². The minimum Gasteiger partial charge on any atom is -0.489 e. The Morgan fingerprint density at radius 2 is 2.00 bits per heavy atom. The fraction of sp³-hybridized carbons (Fsp3) is 0.154. The van der Waals surface area contributed by atoms with E-state index in [0.717, 1.165) is 23.5 Å². The van der Waals surface area contributed by atoms with Crippen molar-refractivity contribution in [3.05, 3.63) is 53.7 Å². The van der Waals surface area contributed by atoms with Crippen LogP contribution in [0.25, 0.3) is 0 Å². The van der Waals surface area contributed by atoms with E-state index in [1.54, 1.807) is 19.3 Å². The molecular weight excluding hydrogens is 238 g/mol. The van der Waals surface area contributed by atoms with E-state index in [0.29, 0.717) is 0 Å². The number of nitrogens with zero attached hydrogens (tertiary/aromatic N) is 1. The SMILES string of the molecule is CNc1cc(COc2ccc(F)c(F)c2)ccn1. The van der Waals surface area contributed by atoms with Crippen LogP contribution in [0.1, 0.15) is 5.56 Å². The fourth-order valence-electron chi connectivity index (χ4n) is 1.43. The second-order valence-corrected chi connectivity index (χ2v) is 3.66. The Kier molecular flexibility index (Phi) is 3.72. The predicted molar refractivity (Wildman–Crippen MR) is 64.5 cm³/mol. The summed E-state index contributed by atoms with van der Waals surface area (Å²) in [6.45, 7) is 0.266. The predicted octanol–water partition coefficient (Wildman–Crippen LogP) is 2.98. The Balaban J connectivity index is 2.04. The third kappa shape index (κ3) is 2.94. The summed E-state index contributed by atoms with van der Waals surface area (Å²) in [7, 11) is 1.77. The Hall–Kier alpha value is -2.17. The van der Waals surface area contributed by atoms with E-state index in [1.165, 1.54) is 6.07 Å². The van der Waals surface area contributed by atoms with E-state index >= 15 is 0 Å². The molecule has 0 aliphatic carbocycles. The first-order chi connectivity index (χ1) is 8.69. The van der Waals surface area contributed by atoms with Crippen LogP contribution >= 0.6 is 0 Å². The average molecular weight is 250 g/mol. The molecule has 0 saturated carbocycles.